The zero-order valence-corrected chi connectivity index (χ0v) is 30.8. The minimum atomic E-state index is -0.981. The Labute approximate surface area is 313 Å². The number of carboxylic acids is 2. The lowest BCUT2D eigenvalue weighted by molar-refractivity contribution is -0.136. The summed E-state index contributed by atoms with van der Waals surface area (Å²) >= 11 is 0. The van der Waals surface area contributed by atoms with E-state index in [0.29, 0.717) is 23.5 Å². The van der Waals surface area contributed by atoms with Crippen LogP contribution in [0.4, 0.5) is 0 Å². The number of hydrogen-bond donors (Lipinski definition) is 2. The van der Waals surface area contributed by atoms with Crippen LogP contribution < -0.4 is 4.74 Å². The van der Waals surface area contributed by atoms with E-state index >= 15 is 0 Å². The summed E-state index contributed by atoms with van der Waals surface area (Å²) < 4.78 is 10.1. The molecule has 53 heavy (non-hydrogen) atoms. The smallest absolute Gasteiger partial charge is 0.339 e. The van der Waals surface area contributed by atoms with Gasteiger partial charge in [-0.05, 0) is 68.2 Å². The Kier molecular flexibility index (Phi) is 23.5. The standard InChI is InChI=1S/C17H16O2.C12H14O2.C10H10.2C3H4O2/c1-13-8-10-15(11-9-13)12-14(2)17(18)19-16-6-4-3-5-7-16;1-4-14-12(13)10(3)11-7-5-9(2)6-8-11;1-3-9-5-7-10(4-2)8-6-9;2*1-2-3(4)5/h3-12H,1-2H3;5-8H,3-4H2,1-2H3;3-8H,1-2H2;2*2H,1H2,(H,4,5). The highest BCUT2D eigenvalue weighted by Gasteiger charge is 2.09. The average Bonchev–Trinajstić information content (AvgIpc) is 3.17. The first kappa shape index (κ1) is 46.2. The van der Waals surface area contributed by atoms with Gasteiger partial charge in [-0.2, -0.15) is 0 Å². The van der Waals surface area contributed by atoms with E-state index in [9.17, 15) is 19.2 Å². The maximum atomic E-state index is 11.9. The van der Waals surface area contributed by atoms with Gasteiger partial charge in [-0.25, -0.2) is 19.2 Å². The van der Waals surface area contributed by atoms with Gasteiger partial charge in [0.15, 0.2) is 0 Å². The van der Waals surface area contributed by atoms with Gasteiger partial charge in [0.05, 0.1) is 12.2 Å². The third kappa shape index (κ3) is 21.8. The predicted molar refractivity (Wildman–Crippen MR) is 216 cm³/mol. The lowest BCUT2D eigenvalue weighted by Crippen LogP contribution is -2.08. The van der Waals surface area contributed by atoms with Crippen LogP contribution in [0.2, 0.25) is 0 Å². The van der Waals surface area contributed by atoms with E-state index in [1.165, 1.54) is 5.56 Å². The molecule has 0 bridgehead atoms. The lowest BCUT2D eigenvalue weighted by Gasteiger charge is -2.05. The summed E-state index contributed by atoms with van der Waals surface area (Å²) in [5, 5.41) is 15.2. The first-order chi connectivity index (χ1) is 25.2. The monoisotopic (exact) mass is 716 g/mol. The molecule has 0 aliphatic rings. The zero-order valence-electron chi connectivity index (χ0n) is 30.8. The van der Waals surface area contributed by atoms with E-state index in [4.69, 9.17) is 19.7 Å². The molecule has 4 aromatic rings. The number of aliphatic carboxylic acids is 2. The summed E-state index contributed by atoms with van der Waals surface area (Å²) in [5.74, 6) is -2.08. The van der Waals surface area contributed by atoms with Crippen molar-refractivity contribution in [3.63, 3.8) is 0 Å². The van der Waals surface area contributed by atoms with E-state index in [2.05, 4.69) is 32.9 Å². The molecule has 0 saturated carbocycles. The average molecular weight is 717 g/mol. The van der Waals surface area contributed by atoms with Crippen molar-refractivity contribution in [1.29, 1.82) is 0 Å². The van der Waals surface area contributed by atoms with Gasteiger partial charge in [0.2, 0.25) is 0 Å². The predicted octanol–water partition coefficient (Wildman–Crippen LogP) is 10.1. The van der Waals surface area contributed by atoms with Crippen LogP contribution >= 0.6 is 0 Å². The topological polar surface area (TPSA) is 127 Å². The SMILES string of the molecule is C=C(C(=O)OCC)c1ccc(C)cc1.C=CC(=O)O.C=CC(=O)O.C=Cc1ccc(C=C)cc1.CC(=Cc1ccc(C)cc1)C(=O)Oc1ccccc1. The van der Waals surface area contributed by atoms with Crippen LogP contribution in [-0.2, 0) is 23.9 Å². The van der Waals surface area contributed by atoms with Gasteiger partial charge in [-0.15, -0.1) is 0 Å². The molecule has 0 saturated heterocycles. The van der Waals surface area contributed by atoms with Crippen LogP contribution in [0.5, 0.6) is 5.75 Å². The molecular weight excluding hydrogens is 668 g/mol. The highest BCUT2D eigenvalue weighted by molar-refractivity contribution is 6.15. The van der Waals surface area contributed by atoms with Gasteiger partial charge in [0.1, 0.15) is 5.75 Å². The highest BCUT2D eigenvalue weighted by Crippen LogP contribution is 2.15. The van der Waals surface area contributed by atoms with Crippen LogP contribution in [-0.4, -0.2) is 40.7 Å². The number of carbonyl (C=O) groups excluding carboxylic acids is 2. The molecule has 0 atom stereocenters. The van der Waals surface area contributed by atoms with E-state index in [0.717, 1.165) is 40.0 Å². The Bertz CT molecular complexity index is 1770. The number of carbonyl (C=O) groups is 4. The minimum absolute atomic E-state index is 0.327. The van der Waals surface area contributed by atoms with Crippen LogP contribution in [0.25, 0.3) is 23.8 Å². The molecule has 8 heteroatoms. The second-order valence-electron chi connectivity index (χ2n) is 10.7. The summed E-state index contributed by atoms with van der Waals surface area (Å²) in [6, 6.07) is 32.8. The van der Waals surface area contributed by atoms with E-state index < -0.39 is 11.9 Å². The number of ether oxygens (including phenoxy) is 2. The van der Waals surface area contributed by atoms with Gasteiger partial charge in [0, 0.05) is 17.7 Å². The zero-order chi connectivity index (χ0) is 40.2. The maximum absolute atomic E-state index is 11.9. The molecule has 0 fully saturated rings. The molecule has 0 unspecified atom stereocenters. The van der Waals surface area contributed by atoms with Crippen molar-refractivity contribution in [2.45, 2.75) is 27.7 Å². The van der Waals surface area contributed by atoms with Crippen molar-refractivity contribution >= 4 is 47.7 Å². The Morgan fingerprint density at radius 3 is 1.40 bits per heavy atom. The van der Waals surface area contributed by atoms with Gasteiger partial charge in [-0.1, -0.05) is 147 Å². The first-order valence-electron chi connectivity index (χ1n) is 16.2. The second kappa shape index (κ2) is 27.0. The molecule has 2 N–H and O–H groups in total. The second-order valence-corrected chi connectivity index (χ2v) is 10.7. The maximum Gasteiger partial charge on any atom is 0.339 e. The van der Waals surface area contributed by atoms with E-state index in [-0.39, 0.29) is 11.9 Å². The summed E-state index contributed by atoms with van der Waals surface area (Å²) in [5.41, 5.74) is 7.44. The summed E-state index contributed by atoms with van der Waals surface area (Å²) in [4.78, 5) is 41.7. The third-order valence-corrected chi connectivity index (χ3v) is 6.42. The van der Waals surface area contributed by atoms with Crippen molar-refractivity contribution in [3.8, 4) is 5.75 Å². The van der Waals surface area contributed by atoms with Crippen LogP contribution in [0, 0.1) is 13.8 Å². The van der Waals surface area contributed by atoms with E-state index in [1.807, 2.05) is 123 Å². The van der Waals surface area contributed by atoms with Gasteiger partial charge in [-0.3, -0.25) is 0 Å². The molecule has 0 radical (unpaired) electrons. The van der Waals surface area contributed by atoms with Crippen LogP contribution in [0.1, 0.15) is 47.2 Å². The number of aryl methyl sites for hydroxylation is 2. The highest BCUT2D eigenvalue weighted by atomic mass is 16.5. The van der Waals surface area contributed by atoms with Gasteiger partial charge >= 0.3 is 23.9 Å². The van der Waals surface area contributed by atoms with Crippen molar-refractivity contribution in [2.75, 3.05) is 6.61 Å². The Morgan fingerprint density at radius 2 is 1.02 bits per heavy atom. The number of para-hydroxylation sites is 1. The van der Waals surface area contributed by atoms with E-state index in [1.54, 1.807) is 26.0 Å². The Hall–Kier alpha value is -6.80. The number of esters is 2. The van der Waals surface area contributed by atoms with Crippen molar-refractivity contribution in [2.24, 2.45) is 0 Å². The largest absolute Gasteiger partial charge is 0.478 e. The Morgan fingerprint density at radius 1 is 0.623 bits per heavy atom. The molecule has 0 amide bonds. The minimum Gasteiger partial charge on any atom is -0.478 e. The van der Waals surface area contributed by atoms with Crippen LogP contribution in [0.3, 0.4) is 0 Å². The number of benzene rings is 4. The van der Waals surface area contributed by atoms with Crippen molar-refractivity contribution in [1.82, 2.24) is 0 Å². The number of hydrogen-bond acceptors (Lipinski definition) is 6. The molecule has 4 rings (SSSR count). The Balaban J connectivity index is 0.000000700. The number of carboxylic acid groups (broad SMARTS) is 2. The fourth-order valence-corrected chi connectivity index (χ4v) is 3.51. The summed E-state index contributed by atoms with van der Waals surface area (Å²) in [6.07, 6.45) is 7.14. The number of rotatable bonds is 10. The van der Waals surface area contributed by atoms with Crippen molar-refractivity contribution < 1.29 is 38.9 Å². The molecule has 4 aromatic carbocycles. The fraction of sp³-hybridized carbons (Fsp3) is 0.111. The summed E-state index contributed by atoms with van der Waals surface area (Å²) in [6.45, 7) is 24.9. The summed E-state index contributed by atoms with van der Waals surface area (Å²) in [7, 11) is 0. The van der Waals surface area contributed by atoms with Crippen molar-refractivity contribution in [3.05, 3.63) is 187 Å². The molecule has 0 aliphatic heterocycles. The first-order valence-corrected chi connectivity index (χ1v) is 16.2. The van der Waals surface area contributed by atoms with Crippen LogP contribution in [0.15, 0.2) is 154 Å². The molecule has 0 aliphatic carbocycles. The molecule has 0 heterocycles. The lowest BCUT2D eigenvalue weighted by atomic mass is 10.1. The van der Waals surface area contributed by atoms with Gasteiger partial charge in [0.25, 0.3) is 0 Å². The third-order valence-electron chi connectivity index (χ3n) is 6.42. The quantitative estimate of drug-likeness (QED) is 0.0943. The molecule has 0 spiro atoms. The molecule has 0 aromatic heterocycles. The fourth-order valence-electron chi connectivity index (χ4n) is 3.51. The van der Waals surface area contributed by atoms with Gasteiger partial charge < -0.3 is 19.7 Å². The molecule has 8 nitrogen and oxygen atoms in total. The normalized spacial score (nSPS) is 9.40. The molecule has 276 valence electrons. The molecular formula is C45H48O8.